The van der Waals surface area contributed by atoms with Crippen molar-refractivity contribution in [2.45, 2.75) is 83.4 Å². The van der Waals surface area contributed by atoms with Crippen molar-refractivity contribution in [3.63, 3.8) is 0 Å². The third-order valence-electron chi connectivity index (χ3n) is 8.25. The number of carbonyl (C=O) groups excluding carboxylic acids is 4. The minimum absolute atomic E-state index is 0.222. The standard InChI is InChI=1S/C35H48N6O5/c1-23(27-21-37-28-17-9-8-16-26(27)28)30(32(43)39-29(18-10-11-19-36)33(44)46-35(2,3)4)40-31(42)24-13-12-20-41(22-24)34(45)38-25-14-6-5-7-15-25/h5-9,14-17,21,23-24,29-30,37H,10-13,18-20,22,36H2,1-4H3,(H,38,45)(H,39,43)(H,40,42)/t23-,24?,29?,30-/m1/s1. The molecule has 4 atom stereocenters. The van der Waals surface area contributed by atoms with Gasteiger partial charge >= 0.3 is 12.0 Å². The van der Waals surface area contributed by atoms with Gasteiger partial charge in [0.25, 0.3) is 0 Å². The third kappa shape index (κ3) is 9.32. The third-order valence-corrected chi connectivity index (χ3v) is 8.25. The van der Waals surface area contributed by atoms with E-state index >= 15 is 0 Å². The van der Waals surface area contributed by atoms with Gasteiger partial charge in [-0.3, -0.25) is 9.59 Å². The largest absolute Gasteiger partial charge is 0.458 e. The first kappa shape index (κ1) is 34.5. The number of likely N-dealkylation sites (tertiary alicyclic amines) is 1. The summed E-state index contributed by atoms with van der Waals surface area (Å²) in [6, 6.07) is 14.8. The summed E-state index contributed by atoms with van der Waals surface area (Å²) in [6.07, 6.45) is 4.75. The maximum Gasteiger partial charge on any atom is 0.329 e. The Morgan fingerprint density at radius 2 is 1.74 bits per heavy atom. The normalized spacial score (nSPS) is 17.1. The lowest BCUT2D eigenvalue weighted by molar-refractivity contribution is -0.159. The van der Waals surface area contributed by atoms with Gasteiger partial charge in [-0.05, 0) is 83.2 Å². The van der Waals surface area contributed by atoms with E-state index in [-0.39, 0.29) is 18.5 Å². The molecule has 0 saturated carbocycles. The lowest BCUT2D eigenvalue weighted by Gasteiger charge is -2.34. The van der Waals surface area contributed by atoms with E-state index < -0.39 is 41.4 Å². The van der Waals surface area contributed by atoms with E-state index in [2.05, 4.69) is 20.9 Å². The van der Waals surface area contributed by atoms with Crippen LogP contribution in [0.15, 0.2) is 60.8 Å². The summed E-state index contributed by atoms with van der Waals surface area (Å²) in [5.74, 6) is -2.29. The number of nitrogens with zero attached hydrogens (tertiary/aromatic N) is 1. The lowest BCUT2D eigenvalue weighted by Crippen LogP contribution is -2.56. The maximum atomic E-state index is 14.1. The van der Waals surface area contributed by atoms with Gasteiger partial charge in [-0.1, -0.05) is 43.3 Å². The molecule has 6 N–H and O–H groups in total. The number of H-pyrrole nitrogens is 1. The Labute approximate surface area is 271 Å². The Bertz CT molecular complexity index is 1480. The van der Waals surface area contributed by atoms with Crippen LogP contribution in [-0.2, 0) is 19.1 Å². The molecule has 3 aromatic rings. The van der Waals surface area contributed by atoms with Crippen LogP contribution in [0.25, 0.3) is 10.9 Å². The number of nitrogens with two attached hydrogens (primary N) is 1. The molecule has 2 heterocycles. The van der Waals surface area contributed by atoms with E-state index in [9.17, 15) is 19.2 Å². The molecule has 0 radical (unpaired) electrons. The van der Waals surface area contributed by atoms with Crippen LogP contribution in [0.4, 0.5) is 10.5 Å². The van der Waals surface area contributed by atoms with Gasteiger partial charge in [-0.25, -0.2) is 9.59 Å². The van der Waals surface area contributed by atoms with E-state index in [0.29, 0.717) is 50.9 Å². The number of rotatable bonds is 12. The molecule has 2 aromatic carbocycles. The molecule has 4 rings (SSSR count). The average molecular weight is 633 g/mol. The highest BCUT2D eigenvalue weighted by molar-refractivity contribution is 5.94. The molecule has 1 saturated heterocycles. The van der Waals surface area contributed by atoms with Crippen molar-refractivity contribution in [2.24, 2.45) is 11.7 Å². The number of carbonyl (C=O) groups is 4. The maximum absolute atomic E-state index is 14.1. The summed E-state index contributed by atoms with van der Waals surface area (Å²) in [5, 5.41) is 9.74. The van der Waals surface area contributed by atoms with Crippen LogP contribution in [0.3, 0.4) is 0 Å². The summed E-state index contributed by atoms with van der Waals surface area (Å²) >= 11 is 0. The number of para-hydroxylation sites is 2. The van der Waals surface area contributed by atoms with Crippen LogP contribution in [-0.4, -0.2) is 71.0 Å². The van der Waals surface area contributed by atoms with Gasteiger partial charge in [-0.15, -0.1) is 0 Å². The zero-order valence-corrected chi connectivity index (χ0v) is 27.3. The van der Waals surface area contributed by atoms with Gasteiger partial charge < -0.3 is 36.3 Å². The number of aromatic nitrogens is 1. The van der Waals surface area contributed by atoms with Crippen molar-refractivity contribution in [3.8, 4) is 0 Å². The zero-order valence-electron chi connectivity index (χ0n) is 27.3. The molecule has 0 aliphatic carbocycles. The quantitative estimate of drug-likeness (QED) is 0.144. The topological polar surface area (TPSA) is 159 Å². The minimum Gasteiger partial charge on any atom is -0.458 e. The predicted octanol–water partition coefficient (Wildman–Crippen LogP) is 4.66. The summed E-state index contributed by atoms with van der Waals surface area (Å²) in [6.45, 7) is 8.43. The van der Waals surface area contributed by atoms with Gasteiger partial charge in [-0.2, -0.15) is 0 Å². The molecule has 1 aliphatic heterocycles. The number of hydrogen-bond acceptors (Lipinski definition) is 6. The van der Waals surface area contributed by atoms with Crippen molar-refractivity contribution in [2.75, 3.05) is 25.0 Å². The molecule has 1 aliphatic rings. The summed E-state index contributed by atoms with van der Waals surface area (Å²) in [7, 11) is 0. The average Bonchev–Trinajstić information content (AvgIpc) is 3.47. The fraction of sp³-hybridized carbons (Fsp3) is 0.486. The molecule has 1 fully saturated rings. The smallest absolute Gasteiger partial charge is 0.329 e. The number of aromatic amines is 1. The number of hydrogen-bond donors (Lipinski definition) is 5. The van der Waals surface area contributed by atoms with Gasteiger partial charge in [0.2, 0.25) is 11.8 Å². The van der Waals surface area contributed by atoms with Crippen LogP contribution < -0.4 is 21.7 Å². The Morgan fingerprint density at radius 1 is 1.02 bits per heavy atom. The van der Waals surface area contributed by atoms with Gasteiger partial charge in [0.05, 0.1) is 5.92 Å². The van der Waals surface area contributed by atoms with Crippen LogP contribution in [0.1, 0.15) is 71.3 Å². The Balaban J connectivity index is 1.55. The van der Waals surface area contributed by atoms with E-state index in [1.807, 2.05) is 67.7 Å². The molecular weight excluding hydrogens is 584 g/mol. The molecule has 1 aromatic heterocycles. The zero-order chi connectivity index (χ0) is 33.3. The number of anilines is 1. The van der Waals surface area contributed by atoms with Crippen molar-refractivity contribution in [1.29, 1.82) is 0 Å². The second kappa shape index (κ2) is 15.8. The highest BCUT2D eigenvalue weighted by atomic mass is 16.6. The van der Waals surface area contributed by atoms with Crippen molar-refractivity contribution >= 4 is 40.4 Å². The Kier molecular flexibility index (Phi) is 11.8. The number of unbranched alkanes of at least 4 members (excludes halogenated alkanes) is 1. The van der Waals surface area contributed by atoms with E-state index in [1.165, 1.54) is 0 Å². The van der Waals surface area contributed by atoms with Gasteiger partial charge in [0, 0.05) is 41.8 Å². The number of ether oxygens (including phenoxy) is 1. The Hall–Kier alpha value is -4.38. The second-order valence-electron chi connectivity index (χ2n) is 13.0. The first-order valence-corrected chi connectivity index (χ1v) is 16.2. The van der Waals surface area contributed by atoms with E-state index in [0.717, 1.165) is 16.5 Å². The minimum atomic E-state index is -1.00. The number of esters is 1. The molecule has 4 amide bonds. The van der Waals surface area contributed by atoms with Crippen molar-refractivity contribution < 1.29 is 23.9 Å². The number of piperidine rings is 1. The highest BCUT2D eigenvalue weighted by Crippen LogP contribution is 2.29. The van der Waals surface area contributed by atoms with Crippen LogP contribution >= 0.6 is 0 Å². The van der Waals surface area contributed by atoms with Crippen LogP contribution in [0.5, 0.6) is 0 Å². The number of nitrogens with one attached hydrogen (secondary N) is 4. The van der Waals surface area contributed by atoms with Gasteiger partial charge in [0.1, 0.15) is 17.7 Å². The summed E-state index contributed by atoms with van der Waals surface area (Å²) < 4.78 is 5.63. The van der Waals surface area contributed by atoms with Crippen molar-refractivity contribution in [1.82, 2.24) is 20.5 Å². The van der Waals surface area contributed by atoms with E-state index in [1.54, 1.807) is 25.7 Å². The van der Waals surface area contributed by atoms with E-state index in [4.69, 9.17) is 10.5 Å². The summed E-state index contributed by atoms with van der Waals surface area (Å²) in [4.78, 5) is 59.0. The van der Waals surface area contributed by atoms with Crippen LogP contribution in [0, 0.1) is 5.92 Å². The summed E-state index contributed by atoms with van der Waals surface area (Å²) in [5.41, 5.74) is 7.40. The molecule has 248 valence electrons. The number of benzene rings is 2. The fourth-order valence-electron chi connectivity index (χ4n) is 5.81. The molecule has 0 spiro atoms. The molecule has 11 heteroatoms. The number of urea groups is 1. The molecular formula is C35H48N6O5. The monoisotopic (exact) mass is 632 g/mol. The fourth-order valence-corrected chi connectivity index (χ4v) is 5.81. The number of amides is 4. The predicted molar refractivity (Wildman–Crippen MR) is 179 cm³/mol. The molecule has 0 bridgehead atoms. The van der Waals surface area contributed by atoms with Gasteiger partial charge in [0.15, 0.2) is 0 Å². The first-order valence-electron chi connectivity index (χ1n) is 16.2. The van der Waals surface area contributed by atoms with Crippen molar-refractivity contribution in [3.05, 3.63) is 66.4 Å². The SMILES string of the molecule is C[C@H](c1c[nH]c2ccccc12)[C@@H](NC(=O)C1CCCN(C(=O)Nc2ccccc2)C1)C(=O)NC(CCCCN)C(=O)OC(C)(C)C. The Morgan fingerprint density at radius 3 is 2.46 bits per heavy atom. The second-order valence-corrected chi connectivity index (χ2v) is 13.0. The number of fused-ring (bicyclic) bond motifs is 1. The van der Waals surface area contributed by atoms with Crippen LogP contribution in [0.2, 0.25) is 0 Å². The highest BCUT2D eigenvalue weighted by Gasteiger charge is 2.36. The lowest BCUT2D eigenvalue weighted by atomic mass is 9.90. The molecule has 2 unspecified atom stereocenters. The first-order chi connectivity index (χ1) is 22.0. The molecule has 11 nitrogen and oxygen atoms in total. The molecule has 46 heavy (non-hydrogen) atoms.